The molecule has 3 heteroatoms. The summed E-state index contributed by atoms with van der Waals surface area (Å²) in [6.45, 7) is 4.36. The van der Waals surface area contributed by atoms with Gasteiger partial charge in [-0.1, -0.05) is 140 Å². The number of hydrogen-bond donors (Lipinski definition) is 2. The van der Waals surface area contributed by atoms with Crippen LogP contribution in [0.2, 0.25) is 0 Å². The Bertz CT molecular complexity index is 3450. The van der Waals surface area contributed by atoms with Crippen molar-refractivity contribution in [2.24, 2.45) is 11.5 Å². The maximum absolute atomic E-state index is 7.40. The van der Waals surface area contributed by atoms with Gasteiger partial charge in [0.05, 0.1) is 16.4 Å². The van der Waals surface area contributed by atoms with Crippen molar-refractivity contribution in [2.75, 3.05) is 0 Å². The fourth-order valence-corrected chi connectivity index (χ4v) is 11.1. The predicted octanol–water partition coefficient (Wildman–Crippen LogP) is 13.5. The molecule has 284 valence electrons. The van der Waals surface area contributed by atoms with Crippen molar-refractivity contribution in [3.63, 3.8) is 0 Å². The second-order valence-corrected chi connectivity index (χ2v) is 16.6. The lowest BCUT2D eigenvalue weighted by Crippen LogP contribution is -2.27. The first-order valence-corrected chi connectivity index (χ1v) is 20.8. The third-order valence-corrected chi connectivity index (χ3v) is 13.3. The third-order valence-electron chi connectivity index (χ3n) is 13.3. The maximum Gasteiger partial charge on any atom is 0.0741 e. The highest BCUT2D eigenvalue weighted by Gasteiger charge is 2.52. The fourth-order valence-electron chi connectivity index (χ4n) is 11.1. The molecule has 60 heavy (non-hydrogen) atoms. The van der Waals surface area contributed by atoms with E-state index in [9.17, 15) is 0 Å². The van der Waals surface area contributed by atoms with Crippen molar-refractivity contribution in [1.29, 1.82) is 0 Å². The Hall–Kier alpha value is -7.62. The van der Waals surface area contributed by atoms with Crippen molar-refractivity contribution < 1.29 is 0 Å². The minimum absolute atomic E-state index is 0.717. The van der Waals surface area contributed by atoms with Crippen molar-refractivity contribution in [1.82, 2.24) is 4.57 Å². The molecule has 0 fully saturated rings. The lowest BCUT2D eigenvalue weighted by Gasteiger charge is -2.32. The van der Waals surface area contributed by atoms with Crippen molar-refractivity contribution in [3.05, 3.63) is 227 Å². The van der Waals surface area contributed by atoms with Gasteiger partial charge in [-0.3, -0.25) is 0 Å². The van der Waals surface area contributed by atoms with Gasteiger partial charge in [0.25, 0.3) is 0 Å². The lowest BCUT2D eigenvalue weighted by molar-refractivity contribution is 0.786. The standard InChI is InChI=1S/C57H41N3/c1-34-28-35(2)30-38(29-34)60-52-23-13-11-17-40(52)47-32-46-39-16-10-12-22-48(39)57(51(46)33-53(47)60)49(26-27-58)56(59)45-25-24-37(31-50(45)57)55-43-20-8-6-18-41(43)54(36-14-4-3-5-15-36)42-19-7-9-21-44(42)55/h3-33H,58-59H2,1-2H3/b27-26-. The van der Waals surface area contributed by atoms with Gasteiger partial charge in [-0.25, -0.2) is 0 Å². The summed E-state index contributed by atoms with van der Waals surface area (Å²) in [5.74, 6) is 0. The summed E-state index contributed by atoms with van der Waals surface area (Å²) in [7, 11) is 0. The summed E-state index contributed by atoms with van der Waals surface area (Å²) < 4.78 is 2.45. The average Bonchev–Trinajstić information content (AvgIpc) is 3.85. The van der Waals surface area contributed by atoms with E-state index in [1.165, 1.54) is 99.0 Å². The van der Waals surface area contributed by atoms with Gasteiger partial charge in [0, 0.05) is 27.7 Å². The van der Waals surface area contributed by atoms with Crippen LogP contribution in [-0.4, -0.2) is 4.57 Å². The number of nitrogens with zero attached hydrogens (tertiary/aromatic N) is 1. The molecule has 0 amide bonds. The summed E-state index contributed by atoms with van der Waals surface area (Å²) in [4.78, 5) is 0. The van der Waals surface area contributed by atoms with Crippen LogP contribution in [0.3, 0.4) is 0 Å². The molecule has 4 N–H and O–H groups in total. The van der Waals surface area contributed by atoms with Gasteiger partial charge in [-0.05, 0) is 151 Å². The molecule has 1 unspecified atom stereocenters. The largest absolute Gasteiger partial charge is 0.405 e. The molecule has 0 aliphatic heterocycles. The summed E-state index contributed by atoms with van der Waals surface area (Å²) in [6.07, 6.45) is 3.70. The van der Waals surface area contributed by atoms with Crippen LogP contribution in [0.5, 0.6) is 0 Å². The van der Waals surface area contributed by atoms with E-state index in [2.05, 4.69) is 194 Å². The number of rotatable bonds is 4. The van der Waals surface area contributed by atoms with Gasteiger partial charge >= 0.3 is 0 Å². The van der Waals surface area contributed by atoms with E-state index in [0.717, 1.165) is 28.1 Å². The van der Waals surface area contributed by atoms with Crippen molar-refractivity contribution in [3.8, 4) is 39.1 Å². The number of benzene rings is 9. The Labute approximate surface area is 349 Å². The van der Waals surface area contributed by atoms with Crippen LogP contribution in [0.4, 0.5) is 0 Å². The Kier molecular flexibility index (Phi) is 7.28. The summed E-state index contributed by atoms with van der Waals surface area (Å²) in [5, 5.41) is 7.36. The summed E-state index contributed by atoms with van der Waals surface area (Å²) in [6, 6.07) is 65.0. The normalized spacial score (nSPS) is 15.6. The maximum atomic E-state index is 7.40. The quantitative estimate of drug-likeness (QED) is 0.175. The molecule has 1 spiro atoms. The Morgan fingerprint density at radius 2 is 1.03 bits per heavy atom. The summed E-state index contributed by atoms with van der Waals surface area (Å²) in [5.41, 5.74) is 32.7. The molecular formula is C57H41N3. The number of para-hydroxylation sites is 1. The number of aryl methyl sites for hydroxylation is 2. The van der Waals surface area contributed by atoms with E-state index < -0.39 is 5.41 Å². The Morgan fingerprint density at radius 3 is 1.72 bits per heavy atom. The van der Waals surface area contributed by atoms with Gasteiger partial charge in [0.1, 0.15) is 0 Å². The molecule has 12 rings (SSSR count). The van der Waals surface area contributed by atoms with Gasteiger partial charge in [0.2, 0.25) is 0 Å². The van der Waals surface area contributed by atoms with Crippen LogP contribution in [0.1, 0.15) is 33.4 Å². The number of aromatic nitrogens is 1. The van der Waals surface area contributed by atoms with E-state index in [-0.39, 0.29) is 0 Å². The molecule has 2 aliphatic carbocycles. The van der Waals surface area contributed by atoms with Gasteiger partial charge in [-0.15, -0.1) is 0 Å². The first-order valence-electron chi connectivity index (χ1n) is 20.8. The minimum Gasteiger partial charge on any atom is -0.405 e. The second kappa shape index (κ2) is 12.7. The van der Waals surface area contributed by atoms with Crippen LogP contribution in [0, 0.1) is 13.8 Å². The number of nitrogens with two attached hydrogens (primary N) is 2. The highest BCUT2D eigenvalue weighted by molar-refractivity contribution is 6.21. The van der Waals surface area contributed by atoms with E-state index in [0.29, 0.717) is 0 Å². The van der Waals surface area contributed by atoms with E-state index in [1.807, 2.05) is 6.08 Å². The molecule has 0 saturated carbocycles. The van der Waals surface area contributed by atoms with E-state index in [1.54, 1.807) is 6.20 Å². The summed E-state index contributed by atoms with van der Waals surface area (Å²) >= 11 is 0. The molecule has 10 aromatic rings. The number of allylic oxidation sites excluding steroid dienone is 2. The molecule has 0 saturated heterocycles. The molecule has 0 radical (unpaired) electrons. The monoisotopic (exact) mass is 767 g/mol. The Balaban J connectivity index is 1.20. The zero-order chi connectivity index (χ0) is 40.3. The predicted molar refractivity (Wildman–Crippen MR) is 252 cm³/mol. The third kappa shape index (κ3) is 4.55. The SMILES string of the molecule is Cc1cc(C)cc(-n2c3ccccc3c3cc4c(cc32)C2(C(/C=C\N)=C(N)c3ccc(-c5c6ccccc6c(-c6ccccc6)c6ccccc56)cc32)c2ccccc2-4)c1. The van der Waals surface area contributed by atoms with E-state index in [4.69, 9.17) is 11.5 Å². The van der Waals surface area contributed by atoms with Gasteiger partial charge < -0.3 is 16.0 Å². The zero-order valence-corrected chi connectivity index (χ0v) is 33.5. The van der Waals surface area contributed by atoms with Gasteiger partial charge in [0.15, 0.2) is 0 Å². The first kappa shape index (κ1) is 34.4. The smallest absolute Gasteiger partial charge is 0.0741 e. The molecular weight excluding hydrogens is 727 g/mol. The molecule has 1 aromatic heterocycles. The molecule has 0 bridgehead atoms. The Morgan fingerprint density at radius 1 is 0.450 bits per heavy atom. The average molecular weight is 768 g/mol. The van der Waals surface area contributed by atoms with Crippen LogP contribution in [0.15, 0.2) is 194 Å². The molecule has 1 atom stereocenters. The van der Waals surface area contributed by atoms with Crippen molar-refractivity contribution >= 4 is 49.0 Å². The van der Waals surface area contributed by atoms with Crippen molar-refractivity contribution in [2.45, 2.75) is 19.3 Å². The molecule has 9 aromatic carbocycles. The first-order chi connectivity index (χ1) is 29.5. The second-order valence-electron chi connectivity index (χ2n) is 16.6. The van der Waals surface area contributed by atoms with Crippen LogP contribution >= 0.6 is 0 Å². The topological polar surface area (TPSA) is 57.0 Å². The number of hydrogen-bond acceptors (Lipinski definition) is 2. The molecule has 3 nitrogen and oxygen atoms in total. The zero-order valence-electron chi connectivity index (χ0n) is 33.5. The van der Waals surface area contributed by atoms with E-state index >= 15 is 0 Å². The highest BCUT2D eigenvalue weighted by Crippen LogP contribution is 2.63. The highest BCUT2D eigenvalue weighted by atomic mass is 15.0. The van der Waals surface area contributed by atoms with Crippen LogP contribution in [-0.2, 0) is 5.41 Å². The fraction of sp³-hybridized carbons (Fsp3) is 0.0526. The molecule has 2 aliphatic rings. The minimum atomic E-state index is -0.717. The van der Waals surface area contributed by atoms with Crippen LogP contribution < -0.4 is 11.5 Å². The van der Waals surface area contributed by atoms with Gasteiger partial charge in [-0.2, -0.15) is 0 Å². The lowest BCUT2D eigenvalue weighted by atomic mass is 9.69. The van der Waals surface area contributed by atoms with Crippen LogP contribution in [0.25, 0.3) is 88.1 Å². The molecule has 1 heterocycles. The number of fused-ring (bicyclic) bond motifs is 12.